The first-order chi connectivity index (χ1) is 10.1. The molecule has 1 amide bonds. The van der Waals surface area contributed by atoms with Gasteiger partial charge >= 0.3 is 0 Å². The highest BCUT2D eigenvalue weighted by molar-refractivity contribution is 9.11. The molecule has 1 atom stereocenters. The Labute approximate surface area is 138 Å². The van der Waals surface area contributed by atoms with Crippen molar-refractivity contribution in [2.75, 3.05) is 17.2 Å². The zero-order valence-electron chi connectivity index (χ0n) is 10.9. The number of carbonyl (C=O) groups excluding carboxylic acids is 1. The molecule has 0 saturated heterocycles. The zero-order valence-corrected chi connectivity index (χ0v) is 14.1. The van der Waals surface area contributed by atoms with E-state index < -0.39 is 0 Å². The fraction of sp³-hybridized carbons (Fsp3) is 0.214. The van der Waals surface area contributed by atoms with E-state index in [4.69, 9.17) is 0 Å². The van der Waals surface area contributed by atoms with Crippen molar-refractivity contribution in [3.05, 3.63) is 45.2 Å². The second-order valence-corrected chi connectivity index (χ2v) is 6.24. The van der Waals surface area contributed by atoms with Crippen LogP contribution in [0.1, 0.15) is 17.9 Å². The largest absolute Gasteiger partial charge is 0.385 e. The maximum atomic E-state index is 12.5. The van der Waals surface area contributed by atoms with Crippen LogP contribution < -0.4 is 10.6 Å². The highest BCUT2D eigenvalue weighted by atomic mass is 79.9. The van der Waals surface area contributed by atoms with E-state index in [-0.39, 0.29) is 11.8 Å². The van der Waals surface area contributed by atoms with Gasteiger partial charge in [0.25, 0.3) is 0 Å². The molecule has 0 aliphatic carbocycles. The van der Waals surface area contributed by atoms with E-state index in [9.17, 15) is 4.79 Å². The minimum atomic E-state index is -0.181. The summed E-state index contributed by atoms with van der Waals surface area (Å²) in [5.41, 5.74) is 2.03. The van der Waals surface area contributed by atoms with E-state index in [0.717, 1.165) is 24.2 Å². The maximum absolute atomic E-state index is 12.5. The summed E-state index contributed by atoms with van der Waals surface area (Å²) in [7, 11) is 0. The van der Waals surface area contributed by atoms with Crippen molar-refractivity contribution >= 4 is 49.3 Å². The number of hydrogen-bond acceptors (Lipinski definition) is 4. The van der Waals surface area contributed by atoms with Crippen molar-refractivity contribution in [3.8, 4) is 0 Å². The summed E-state index contributed by atoms with van der Waals surface area (Å²) >= 11 is 6.54. The lowest BCUT2D eigenvalue weighted by atomic mass is 9.90. The molecule has 7 heteroatoms. The van der Waals surface area contributed by atoms with Crippen LogP contribution in [0.3, 0.4) is 0 Å². The van der Waals surface area contributed by atoms with Gasteiger partial charge in [0.1, 0.15) is 9.21 Å². The van der Waals surface area contributed by atoms with E-state index in [1.807, 2.05) is 24.3 Å². The highest BCUT2D eigenvalue weighted by Crippen LogP contribution is 2.32. The number of para-hydroxylation sites is 1. The molecule has 1 aliphatic heterocycles. The summed E-state index contributed by atoms with van der Waals surface area (Å²) in [5.74, 6) is 0.181. The predicted octanol–water partition coefficient (Wildman–Crippen LogP) is 3.54. The van der Waals surface area contributed by atoms with Crippen LogP contribution in [0.15, 0.2) is 39.7 Å². The number of anilines is 2. The molecular formula is C14H12Br2N4O. The minimum Gasteiger partial charge on any atom is -0.385 e. The Morgan fingerprint density at radius 1 is 1.33 bits per heavy atom. The predicted molar refractivity (Wildman–Crippen MR) is 88.4 cm³/mol. The molecule has 1 unspecified atom stereocenters. The van der Waals surface area contributed by atoms with Gasteiger partial charge in [0.05, 0.1) is 12.1 Å². The molecule has 5 nitrogen and oxygen atoms in total. The molecule has 108 valence electrons. The number of hydrogen-bond donors (Lipinski definition) is 2. The monoisotopic (exact) mass is 410 g/mol. The van der Waals surface area contributed by atoms with Crippen LogP contribution in [0.4, 0.5) is 11.5 Å². The van der Waals surface area contributed by atoms with Crippen LogP contribution in [0.5, 0.6) is 0 Å². The third-order valence-electron chi connectivity index (χ3n) is 3.34. The molecule has 0 spiro atoms. The highest BCUT2D eigenvalue weighted by Gasteiger charge is 2.26. The van der Waals surface area contributed by atoms with E-state index in [2.05, 4.69) is 52.5 Å². The third kappa shape index (κ3) is 3.08. The maximum Gasteiger partial charge on any atom is 0.233 e. The number of nitrogens with one attached hydrogen (secondary N) is 2. The molecule has 21 heavy (non-hydrogen) atoms. The minimum absolute atomic E-state index is 0.0683. The van der Waals surface area contributed by atoms with Crippen LogP contribution in [-0.4, -0.2) is 22.4 Å². The SMILES string of the molecule is O=C(Nc1ncc(Br)nc1Br)C1CCNc2ccccc21. The van der Waals surface area contributed by atoms with Gasteiger partial charge in [-0.25, -0.2) is 9.97 Å². The average Bonchev–Trinajstić information content (AvgIpc) is 2.49. The Bertz CT molecular complexity index is 692. The molecule has 0 fully saturated rings. The lowest BCUT2D eigenvalue weighted by Gasteiger charge is -2.25. The van der Waals surface area contributed by atoms with Crippen LogP contribution in [0.2, 0.25) is 0 Å². The standard InChI is InChI=1S/C14H12Br2N4O/c15-11-7-18-13(12(16)19-11)20-14(21)9-5-6-17-10-4-2-1-3-8(9)10/h1-4,7,9,17H,5-6H2,(H,18,20,21). The van der Waals surface area contributed by atoms with E-state index in [0.29, 0.717) is 15.0 Å². The van der Waals surface area contributed by atoms with E-state index in [1.165, 1.54) is 0 Å². The Kier molecular flexibility index (Phi) is 4.21. The Hall–Kier alpha value is -1.47. The van der Waals surface area contributed by atoms with Gasteiger partial charge in [0.15, 0.2) is 5.82 Å². The molecular weight excluding hydrogens is 400 g/mol. The normalized spacial score (nSPS) is 16.8. The van der Waals surface area contributed by atoms with Gasteiger partial charge in [0.2, 0.25) is 5.91 Å². The second-order valence-electron chi connectivity index (χ2n) is 4.68. The summed E-state index contributed by atoms with van der Waals surface area (Å²) < 4.78 is 1.12. The molecule has 1 aliphatic rings. The first kappa shape index (κ1) is 14.5. The Balaban J connectivity index is 1.83. The summed E-state index contributed by atoms with van der Waals surface area (Å²) in [6.45, 7) is 0.780. The molecule has 2 aromatic rings. The van der Waals surface area contributed by atoms with Gasteiger partial charge in [-0.05, 0) is 49.9 Å². The fourth-order valence-corrected chi connectivity index (χ4v) is 3.29. The lowest BCUT2D eigenvalue weighted by Crippen LogP contribution is -2.28. The van der Waals surface area contributed by atoms with Gasteiger partial charge in [-0.15, -0.1) is 0 Å². The number of rotatable bonds is 2. The number of nitrogens with zero attached hydrogens (tertiary/aromatic N) is 2. The van der Waals surface area contributed by atoms with Gasteiger partial charge in [-0.2, -0.15) is 0 Å². The Morgan fingerprint density at radius 3 is 2.95 bits per heavy atom. The molecule has 0 radical (unpaired) electrons. The zero-order chi connectivity index (χ0) is 14.8. The Morgan fingerprint density at radius 2 is 2.14 bits per heavy atom. The first-order valence-corrected chi connectivity index (χ1v) is 8.05. The molecule has 2 N–H and O–H groups in total. The van der Waals surface area contributed by atoms with Crippen LogP contribution >= 0.6 is 31.9 Å². The topological polar surface area (TPSA) is 66.9 Å². The molecule has 1 aromatic carbocycles. The first-order valence-electron chi connectivity index (χ1n) is 6.47. The number of benzene rings is 1. The van der Waals surface area contributed by atoms with Crippen molar-refractivity contribution in [1.82, 2.24) is 9.97 Å². The van der Waals surface area contributed by atoms with E-state index >= 15 is 0 Å². The van der Waals surface area contributed by atoms with Gasteiger partial charge < -0.3 is 10.6 Å². The number of fused-ring (bicyclic) bond motifs is 1. The van der Waals surface area contributed by atoms with Crippen molar-refractivity contribution in [2.45, 2.75) is 12.3 Å². The summed E-state index contributed by atoms with van der Waals surface area (Å²) in [4.78, 5) is 20.9. The molecule has 0 bridgehead atoms. The lowest BCUT2D eigenvalue weighted by molar-refractivity contribution is -0.117. The summed E-state index contributed by atoms with van der Waals surface area (Å²) in [6, 6.07) is 7.88. The van der Waals surface area contributed by atoms with Crippen LogP contribution in [0, 0.1) is 0 Å². The van der Waals surface area contributed by atoms with Crippen LogP contribution in [0.25, 0.3) is 0 Å². The molecule has 2 heterocycles. The van der Waals surface area contributed by atoms with Gasteiger partial charge in [0, 0.05) is 12.2 Å². The second kappa shape index (κ2) is 6.11. The summed E-state index contributed by atoms with van der Waals surface area (Å²) in [5, 5.41) is 6.15. The number of aromatic nitrogens is 2. The third-order valence-corrected chi connectivity index (χ3v) is 4.28. The molecule has 3 rings (SSSR count). The van der Waals surface area contributed by atoms with Crippen molar-refractivity contribution in [3.63, 3.8) is 0 Å². The number of amides is 1. The quantitative estimate of drug-likeness (QED) is 0.793. The van der Waals surface area contributed by atoms with Crippen molar-refractivity contribution in [1.29, 1.82) is 0 Å². The van der Waals surface area contributed by atoms with Crippen LogP contribution in [-0.2, 0) is 4.79 Å². The average molecular weight is 412 g/mol. The number of carbonyl (C=O) groups is 1. The molecule has 0 saturated carbocycles. The number of halogens is 2. The van der Waals surface area contributed by atoms with Crippen molar-refractivity contribution in [2.24, 2.45) is 0 Å². The van der Waals surface area contributed by atoms with Gasteiger partial charge in [-0.3, -0.25) is 4.79 Å². The smallest absolute Gasteiger partial charge is 0.233 e. The van der Waals surface area contributed by atoms with E-state index in [1.54, 1.807) is 6.20 Å². The fourth-order valence-electron chi connectivity index (χ4n) is 2.38. The van der Waals surface area contributed by atoms with Gasteiger partial charge in [-0.1, -0.05) is 18.2 Å². The molecule has 1 aromatic heterocycles. The van der Waals surface area contributed by atoms with Crippen molar-refractivity contribution < 1.29 is 4.79 Å². The summed E-state index contributed by atoms with van der Waals surface area (Å²) in [6.07, 6.45) is 2.31.